The Morgan fingerprint density at radius 3 is 2.49 bits per heavy atom. The third-order valence-electron chi connectivity index (χ3n) is 7.39. The summed E-state index contributed by atoms with van der Waals surface area (Å²) in [5, 5.41) is 7.24. The number of hydrogen-bond acceptors (Lipinski definition) is 4. The highest BCUT2D eigenvalue weighted by Crippen LogP contribution is 2.44. The third-order valence-corrected chi connectivity index (χ3v) is 7.70. The van der Waals surface area contributed by atoms with Gasteiger partial charge in [0, 0.05) is 53.8 Å². The Bertz CT molecular complexity index is 1500. The van der Waals surface area contributed by atoms with E-state index in [0.717, 1.165) is 29.2 Å². The van der Waals surface area contributed by atoms with Crippen molar-refractivity contribution in [2.24, 2.45) is 5.92 Å². The van der Waals surface area contributed by atoms with E-state index in [0.29, 0.717) is 5.11 Å². The molecule has 5 rings (SSSR count). The fourth-order valence-electron chi connectivity index (χ4n) is 5.21. The first-order chi connectivity index (χ1) is 18.7. The van der Waals surface area contributed by atoms with Gasteiger partial charge >= 0.3 is 0 Å². The van der Waals surface area contributed by atoms with Crippen molar-refractivity contribution in [1.82, 2.24) is 19.9 Å². The van der Waals surface area contributed by atoms with Gasteiger partial charge in [-0.25, -0.2) is 0 Å². The van der Waals surface area contributed by atoms with Gasteiger partial charge in [-0.2, -0.15) is 0 Å². The topological polar surface area (TPSA) is 75.1 Å². The molecule has 2 N–H and O–H groups in total. The van der Waals surface area contributed by atoms with Crippen LogP contribution in [0.25, 0.3) is 0 Å². The first-order valence-electron chi connectivity index (χ1n) is 13.2. The zero-order chi connectivity index (χ0) is 27.7. The van der Waals surface area contributed by atoms with Crippen molar-refractivity contribution >= 4 is 34.6 Å². The number of anilines is 2. The number of nitrogens with one attached hydrogen (secondary N) is 2. The number of thiocarbonyl (C=S) groups is 1. The summed E-state index contributed by atoms with van der Waals surface area (Å²) in [5.41, 5.74) is 8.45. The van der Waals surface area contributed by atoms with E-state index in [2.05, 4.69) is 63.2 Å². The number of pyridine rings is 2. The Morgan fingerprint density at radius 2 is 1.82 bits per heavy atom. The van der Waals surface area contributed by atoms with Crippen molar-refractivity contribution in [1.29, 1.82) is 0 Å². The molecule has 200 valence electrons. The van der Waals surface area contributed by atoms with E-state index >= 15 is 0 Å². The molecule has 2 unspecified atom stereocenters. The maximum Gasteiger partial charge on any atom is 0.226 e. The molecule has 7 nitrogen and oxygen atoms in total. The lowest BCUT2D eigenvalue weighted by Crippen LogP contribution is -2.29. The van der Waals surface area contributed by atoms with Gasteiger partial charge in [-0.3, -0.25) is 14.8 Å². The Morgan fingerprint density at radius 1 is 1.05 bits per heavy atom. The summed E-state index contributed by atoms with van der Waals surface area (Å²) in [6, 6.07) is 18.2. The van der Waals surface area contributed by atoms with Gasteiger partial charge in [0.1, 0.15) is 0 Å². The van der Waals surface area contributed by atoms with Gasteiger partial charge in [0.15, 0.2) is 5.11 Å². The molecule has 1 saturated heterocycles. The molecule has 1 aromatic carbocycles. The van der Waals surface area contributed by atoms with Gasteiger partial charge in [0.05, 0.1) is 17.8 Å². The van der Waals surface area contributed by atoms with E-state index in [1.54, 1.807) is 0 Å². The van der Waals surface area contributed by atoms with Crippen LogP contribution in [-0.4, -0.2) is 25.6 Å². The smallest absolute Gasteiger partial charge is 0.226 e. The van der Waals surface area contributed by atoms with Gasteiger partial charge in [-0.15, -0.1) is 0 Å². The molecule has 0 aliphatic carbocycles. The molecule has 1 amide bonds. The highest BCUT2D eigenvalue weighted by Gasteiger charge is 2.42. The summed E-state index contributed by atoms with van der Waals surface area (Å²) in [6.07, 6.45) is 5.49. The number of carbonyl (C=O) groups excluding carboxylic acids is 1. The SMILES string of the molecule is Cc1cc(N2C(=S)NC(c3ccccn3)C2c2cc(C)n(Cc3ccncc3)c2C)ccc1NC(=O)C(C)C. The highest BCUT2D eigenvalue weighted by molar-refractivity contribution is 7.80. The van der Waals surface area contributed by atoms with Gasteiger partial charge < -0.3 is 20.1 Å². The van der Waals surface area contributed by atoms with Crippen molar-refractivity contribution < 1.29 is 4.79 Å². The van der Waals surface area contributed by atoms with Crippen LogP contribution in [0.2, 0.25) is 0 Å². The Kier molecular flexibility index (Phi) is 7.48. The summed E-state index contributed by atoms with van der Waals surface area (Å²) in [6.45, 7) is 10.9. The number of hydrogen-bond donors (Lipinski definition) is 2. The number of benzene rings is 1. The van der Waals surface area contributed by atoms with E-state index < -0.39 is 0 Å². The number of aromatic nitrogens is 3. The average molecular weight is 539 g/mol. The fraction of sp³-hybridized carbons (Fsp3) is 0.290. The third kappa shape index (κ3) is 5.29. The lowest BCUT2D eigenvalue weighted by atomic mass is 9.96. The summed E-state index contributed by atoms with van der Waals surface area (Å²) in [4.78, 5) is 23.4. The first kappa shape index (κ1) is 26.6. The Labute approximate surface area is 235 Å². The van der Waals surface area contributed by atoms with Gasteiger partial charge in [0.2, 0.25) is 5.91 Å². The zero-order valence-corrected chi connectivity index (χ0v) is 23.8. The average Bonchev–Trinajstić information content (AvgIpc) is 3.41. The number of nitrogens with zero attached hydrogens (tertiary/aromatic N) is 4. The van der Waals surface area contributed by atoms with E-state index in [-0.39, 0.29) is 23.9 Å². The predicted molar refractivity (Wildman–Crippen MR) is 160 cm³/mol. The molecule has 0 radical (unpaired) electrons. The van der Waals surface area contributed by atoms with Crippen LogP contribution < -0.4 is 15.5 Å². The van der Waals surface area contributed by atoms with E-state index in [1.807, 2.05) is 69.7 Å². The molecular formula is C31H34N6OS. The molecule has 4 aromatic rings. The molecule has 2 atom stereocenters. The fourth-order valence-corrected chi connectivity index (χ4v) is 5.55. The van der Waals surface area contributed by atoms with Crippen molar-refractivity contribution in [2.45, 2.75) is 53.2 Å². The minimum Gasteiger partial charge on any atom is -0.351 e. The van der Waals surface area contributed by atoms with Gasteiger partial charge in [-0.05, 0) is 98.2 Å². The largest absolute Gasteiger partial charge is 0.351 e. The van der Waals surface area contributed by atoms with E-state index in [9.17, 15) is 4.79 Å². The highest BCUT2D eigenvalue weighted by atomic mass is 32.1. The molecule has 8 heteroatoms. The second-order valence-corrected chi connectivity index (χ2v) is 10.8. The lowest BCUT2D eigenvalue weighted by Gasteiger charge is -2.29. The second-order valence-electron chi connectivity index (χ2n) is 10.4. The minimum atomic E-state index is -0.130. The van der Waals surface area contributed by atoms with Crippen LogP contribution in [0.3, 0.4) is 0 Å². The number of amides is 1. The number of carbonyl (C=O) groups is 1. The first-order valence-corrected chi connectivity index (χ1v) is 13.6. The van der Waals surface area contributed by atoms with Crippen molar-refractivity contribution in [3.8, 4) is 0 Å². The Balaban J connectivity index is 1.57. The molecule has 1 aliphatic rings. The Hall–Kier alpha value is -4.04. The predicted octanol–water partition coefficient (Wildman–Crippen LogP) is 6.02. The van der Waals surface area contributed by atoms with Crippen LogP contribution in [0.4, 0.5) is 11.4 Å². The molecular weight excluding hydrogens is 504 g/mol. The van der Waals surface area contributed by atoms with Crippen molar-refractivity contribution in [2.75, 3.05) is 10.2 Å². The summed E-state index contributed by atoms with van der Waals surface area (Å²) < 4.78 is 2.34. The van der Waals surface area contributed by atoms with E-state index in [4.69, 9.17) is 17.2 Å². The van der Waals surface area contributed by atoms with Crippen LogP contribution in [-0.2, 0) is 11.3 Å². The van der Waals surface area contributed by atoms with Crippen molar-refractivity contribution in [3.05, 3.63) is 107 Å². The quantitative estimate of drug-likeness (QED) is 0.280. The van der Waals surface area contributed by atoms with Crippen LogP contribution in [0.15, 0.2) is 73.2 Å². The van der Waals surface area contributed by atoms with Crippen LogP contribution in [0.1, 0.15) is 59.7 Å². The van der Waals surface area contributed by atoms with Crippen LogP contribution >= 0.6 is 12.2 Å². The van der Waals surface area contributed by atoms with Crippen LogP contribution in [0, 0.1) is 26.7 Å². The molecule has 0 saturated carbocycles. The monoisotopic (exact) mass is 538 g/mol. The minimum absolute atomic E-state index is 0.000982. The van der Waals surface area contributed by atoms with Gasteiger partial charge in [0.25, 0.3) is 0 Å². The normalized spacial score (nSPS) is 17.0. The summed E-state index contributed by atoms with van der Waals surface area (Å²) in [7, 11) is 0. The molecule has 1 fully saturated rings. The molecule has 4 heterocycles. The standard InChI is InChI=1S/C31H34N6OS/c1-19(2)30(38)34-26-10-9-24(16-20(26)3)37-29(28(35-31(37)39)27-8-6-7-13-33-27)25-17-21(4)36(22(25)5)18-23-11-14-32-15-12-23/h6-17,19,28-29H,18H2,1-5H3,(H,34,38)(H,35,39). The summed E-state index contributed by atoms with van der Waals surface area (Å²) in [5.74, 6) is -0.0933. The van der Waals surface area contributed by atoms with E-state index in [1.165, 1.54) is 22.5 Å². The second kappa shape index (κ2) is 11.0. The van der Waals surface area contributed by atoms with Gasteiger partial charge in [-0.1, -0.05) is 19.9 Å². The number of aryl methyl sites for hydroxylation is 2. The maximum atomic E-state index is 12.3. The molecule has 39 heavy (non-hydrogen) atoms. The number of rotatable bonds is 7. The van der Waals surface area contributed by atoms with Crippen LogP contribution in [0.5, 0.6) is 0 Å². The lowest BCUT2D eigenvalue weighted by molar-refractivity contribution is -0.118. The molecule has 0 bridgehead atoms. The zero-order valence-electron chi connectivity index (χ0n) is 23.0. The molecule has 0 spiro atoms. The maximum absolute atomic E-state index is 12.3. The molecule has 1 aliphatic heterocycles. The van der Waals surface area contributed by atoms with Crippen molar-refractivity contribution in [3.63, 3.8) is 0 Å². The summed E-state index contributed by atoms with van der Waals surface area (Å²) >= 11 is 5.95. The molecule has 3 aromatic heterocycles.